The molecule has 5 rings (SSSR count). The maximum absolute atomic E-state index is 10.3. The topological polar surface area (TPSA) is 32.3 Å². The van der Waals surface area contributed by atoms with Crippen molar-refractivity contribution in [2.75, 3.05) is 6.54 Å². The molecule has 0 radical (unpaired) electrons. The summed E-state index contributed by atoms with van der Waals surface area (Å²) in [5.74, 6) is 3.13. The van der Waals surface area contributed by atoms with Crippen LogP contribution < -0.4 is 5.32 Å². The SMILES string of the molecule is CC1=C(C2CCCN2)[C@@]2(C)CC[C@@H]3[C@@H](C(C)C=C4CC(O)CC[C@@]43C)[C@@H]2C1. The van der Waals surface area contributed by atoms with E-state index in [1.165, 1.54) is 45.1 Å². The molecule has 2 N–H and O–H groups in total. The fraction of sp³-hybridized carbons (Fsp3) is 0.840. The van der Waals surface area contributed by atoms with E-state index in [1.54, 1.807) is 11.1 Å². The van der Waals surface area contributed by atoms with Crippen LogP contribution in [0, 0.1) is 34.5 Å². The maximum Gasteiger partial charge on any atom is 0.0577 e. The number of fused-ring (bicyclic) bond motifs is 5. The van der Waals surface area contributed by atoms with Crippen molar-refractivity contribution in [1.82, 2.24) is 5.32 Å². The van der Waals surface area contributed by atoms with Crippen molar-refractivity contribution in [2.24, 2.45) is 34.5 Å². The highest BCUT2D eigenvalue weighted by molar-refractivity contribution is 5.37. The van der Waals surface area contributed by atoms with Crippen LogP contribution in [0.1, 0.15) is 79.1 Å². The van der Waals surface area contributed by atoms with Crippen LogP contribution in [0.2, 0.25) is 0 Å². The first-order valence-corrected chi connectivity index (χ1v) is 11.7. The van der Waals surface area contributed by atoms with Gasteiger partial charge in [0.1, 0.15) is 0 Å². The van der Waals surface area contributed by atoms with E-state index in [2.05, 4.69) is 39.1 Å². The molecule has 2 nitrogen and oxygen atoms in total. The van der Waals surface area contributed by atoms with E-state index in [0.29, 0.717) is 22.8 Å². The van der Waals surface area contributed by atoms with Gasteiger partial charge in [0.2, 0.25) is 0 Å². The molecule has 0 spiro atoms. The van der Waals surface area contributed by atoms with Crippen LogP contribution in [0.3, 0.4) is 0 Å². The molecule has 8 atom stereocenters. The summed E-state index contributed by atoms with van der Waals surface area (Å²) in [5, 5.41) is 14.1. The first kappa shape index (κ1) is 18.4. The summed E-state index contributed by atoms with van der Waals surface area (Å²) in [6.45, 7) is 11.3. The van der Waals surface area contributed by atoms with Gasteiger partial charge in [-0.2, -0.15) is 0 Å². The van der Waals surface area contributed by atoms with Crippen LogP contribution in [-0.2, 0) is 0 Å². The third-order valence-electron chi connectivity index (χ3n) is 9.81. The Bertz CT molecular complexity index is 686. The number of aliphatic hydroxyl groups is 1. The van der Waals surface area contributed by atoms with Gasteiger partial charge in [-0.25, -0.2) is 0 Å². The Hall–Kier alpha value is -0.600. The number of hydrogen-bond donors (Lipinski definition) is 2. The van der Waals surface area contributed by atoms with Gasteiger partial charge in [0.25, 0.3) is 0 Å². The van der Waals surface area contributed by atoms with Crippen LogP contribution in [0.15, 0.2) is 22.8 Å². The molecule has 1 saturated heterocycles. The van der Waals surface area contributed by atoms with Crippen LogP contribution in [0.4, 0.5) is 0 Å². The second-order valence-electron chi connectivity index (χ2n) is 11.2. The number of allylic oxidation sites excluding steroid dienone is 2. The molecule has 4 aliphatic carbocycles. The van der Waals surface area contributed by atoms with Crippen LogP contribution >= 0.6 is 0 Å². The van der Waals surface area contributed by atoms with Crippen molar-refractivity contribution in [3.63, 3.8) is 0 Å². The minimum Gasteiger partial charge on any atom is -0.393 e. The van der Waals surface area contributed by atoms with E-state index in [-0.39, 0.29) is 6.10 Å². The Morgan fingerprint density at radius 3 is 2.56 bits per heavy atom. The summed E-state index contributed by atoms with van der Waals surface area (Å²) in [7, 11) is 0. The molecule has 2 heteroatoms. The fourth-order valence-corrected chi connectivity index (χ4v) is 8.59. The zero-order valence-corrected chi connectivity index (χ0v) is 17.9. The molecule has 0 aromatic carbocycles. The van der Waals surface area contributed by atoms with Gasteiger partial charge in [-0.1, -0.05) is 38.0 Å². The summed E-state index contributed by atoms with van der Waals surface area (Å²) < 4.78 is 0. The largest absolute Gasteiger partial charge is 0.393 e. The van der Waals surface area contributed by atoms with Crippen molar-refractivity contribution in [3.8, 4) is 0 Å². The minimum atomic E-state index is -0.0997. The monoisotopic (exact) mass is 369 g/mol. The van der Waals surface area contributed by atoms with Crippen LogP contribution in [-0.4, -0.2) is 23.8 Å². The zero-order chi connectivity index (χ0) is 19.0. The second kappa shape index (κ2) is 6.20. The molecule has 1 heterocycles. The Kier molecular flexibility index (Phi) is 4.23. The molecule has 0 bridgehead atoms. The van der Waals surface area contributed by atoms with E-state index in [9.17, 15) is 5.11 Å². The lowest BCUT2D eigenvalue weighted by Gasteiger charge is -2.59. The van der Waals surface area contributed by atoms with Crippen molar-refractivity contribution < 1.29 is 5.11 Å². The molecule has 5 aliphatic rings. The molecule has 2 saturated carbocycles. The van der Waals surface area contributed by atoms with Crippen molar-refractivity contribution >= 4 is 0 Å². The first-order valence-electron chi connectivity index (χ1n) is 11.7. The van der Waals surface area contributed by atoms with Gasteiger partial charge in [-0.15, -0.1) is 0 Å². The first-order chi connectivity index (χ1) is 12.8. The summed E-state index contributed by atoms with van der Waals surface area (Å²) in [6, 6.07) is 0.655. The van der Waals surface area contributed by atoms with E-state index >= 15 is 0 Å². The van der Waals surface area contributed by atoms with Crippen molar-refractivity contribution in [3.05, 3.63) is 22.8 Å². The van der Waals surface area contributed by atoms with E-state index in [4.69, 9.17) is 0 Å². The molecule has 27 heavy (non-hydrogen) atoms. The lowest BCUT2D eigenvalue weighted by molar-refractivity contribution is -0.0493. The quantitative estimate of drug-likeness (QED) is 0.620. The molecule has 150 valence electrons. The molecule has 3 fully saturated rings. The predicted molar refractivity (Wildman–Crippen MR) is 111 cm³/mol. The Morgan fingerprint density at radius 1 is 1.04 bits per heavy atom. The predicted octanol–water partition coefficient (Wildman–Crippen LogP) is 5.23. The van der Waals surface area contributed by atoms with E-state index in [1.807, 2.05) is 5.57 Å². The molecule has 0 aromatic heterocycles. The van der Waals surface area contributed by atoms with E-state index < -0.39 is 0 Å². The van der Waals surface area contributed by atoms with Gasteiger partial charge in [0.15, 0.2) is 0 Å². The van der Waals surface area contributed by atoms with Crippen LogP contribution in [0.5, 0.6) is 0 Å². The normalized spacial score (nSPS) is 52.3. The summed E-state index contributed by atoms with van der Waals surface area (Å²) in [5.41, 5.74) is 5.89. The molecule has 0 amide bonds. The highest BCUT2D eigenvalue weighted by Crippen LogP contribution is 2.67. The molecule has 0 aromatic rings. The molecule has 1 aliphatic heterocycles. The number of rotatable bonds is 1. The van der Waals surface area contributed by atoms with Gasteiger partial charge >= 0.3 is 0 Å². The molecule has 3 unspecified atom stereocenters. The number of aliphatic hydroxyl groups excluding tert-OH is 1. The zero-order valence-electron chi connectivity index (χ0n) is 17.9. The van der Waals surface area contributed by atoms with Gasteiger partial charge in [-0.05, 0) is 105 Å². The second-order valence-corrected chi connectivity index (χ2v) is 11.2. The third-order valence-corrected chi connectivity index (χ3v) is 9.81. The van der Waals surface area contributed by atoms with Crippen molar-refractivity contribution in [1.29, 1.82) is 0 Å². The Morgan fingerprint density at radius 2 is 1.81 bits per heavy atom. The fourth-order valence-electron chi connectivity index (χ4n) is 8.59. The minimum absolute atomic E-state index is 0.0997. The van der Waals surface area contributed by atoms with Crippen LogP contribution in [0.25, 0.3) is 0 Å². The smallest absolute Gasteiger partial charge is 0.0577 e. The standard InChI is InChI=1S/C25H39NO/c1-15-12-17-14-18(27)7-9-24(17,3)19-8-10-25(4)20(22(15)19)13-16(2)23(25)21-6-5-11-26-21/h12,15,18-22,26-27H,5-11,13-14H2,1-4H3/t15?,18?,19-,20+,21?,22-,24+,25+/m1/s1. The lowest BCUT2D eigenvalue weighted by Crippen LogP contribution is -2.53. The van der Waals surface area contributed by atoms with Gasteiger partial charge in [0.05, 0.1) is 6.10 Å². The third kappa shape index (κ3) is 2.51. The summed E-state index contributed by atoms with van der Waals surface area (Å²) >= 11 is 0. The molecular formula is C25H39NO. The van der Waals surface area contributed by atoms with E-state index in [0.717, 1.165) is 30.6 Å². The highest BCUT2D eigenvalue weighted by Gasteiger charge is 2.59. The summed E-state index contributed by atoms with van der Waals surface area (Å²) in [4.78, 5) is 0. The Labute approximate surface area is 165 Å². The van der Waals surface area contributed by atoms with Crippen molar-refractivity contribution in [2.45, 2.75) is 91.2 Å². The Balaban J connectivity index is 1.51. The number of nitrogens with one attached hydrogen (secondary N) is 1. The molecular weight excluding hydrogens is 330 g/mol. The summed E-state index contributed by atoms with van der Waals surface area (Å²) in [6.07, 6.45) is 12.4. The average molecular weight is 370 g/mol. The van der Waals surface area contributed by atoms with Gasteiger partial charge in [-0.3, -0.25) is 0 Å². The lowest BCUT2D eigenvalue weighted by atomic mass is 9.45. The number of hydrogen-bond acceptors (Lipinski definition) is 2. The average Bonchev–Trinajstić information content (AvgIpc) is 3.21. The van der Waals surface area contributed by atoms with Gasteiger partial charge < -0.3 is 10.4 Å². The maximum atomic E-state index is 10.3. The highest BCUT2D eigenvalue weighted by atomic mass is 16.3. The van der Waals surface area contributed by atoms with Gasteiger partial charge in [0, 0.05) is 6.04 Å².